The molecule has 108 valence electrons. The van der Waals surface area contributed by atoms with Crippen LogP contribution in [0.3, 0.4) is 0 Å². The third-order valence-electron chi connectivity index (χ3n) is 3.26. The molecule has 0 aromatic heterocycles. The maximum Gasteiger partial charge on any atom is 0.252 e. The number of hydrogen-bond acceptors (Lipinski definition) is 3. The number of rotatable bonds is 4. The Labute approximate surface area is 121 Å². The molecule has 1 aliphatic rings. The van der Waals surface area contributed by atoms with Gasteiger partial charge in [-0.2, -0.15) is 4.99 Å². The van der Waals surface area contributed by atoms with Crippen molar-refractivity contribution in [3.8, 4) is 11.5 Å². The molecule has 2 atom stereocenters. The number of carbonyl (C=O) groups excluding carboxylic acids is 1. The van der Waals surface area contributed by atoms with Gasteiger partial charge in [0.1, 0.15) is 0 Å². The van der Waals surface area contributed by atoms with E-state index in [1.54, 1.807) is 6.07 Å². The van der Waals surface area contributed by atoms with Crippen LogP contribution in [0.4, 0.5) is 0 Å². The van der Waals surface area contributed by atoms with E-state index in [0.29, 0.717) is 22.9 Å². The van der Waals surface area contributed by atoms with Crippen LogP contribution in [0.5, 0.6) is 11.5 Å². The zero-order valence-corrected chi connectivity index (χ0v) is 12.0. The van der Waals surface area contributed by atoms with Crippen molar-refractivity contribution in [3.05, 3.63) is 22.7 Å². The van der Waals surface area contributed by atoms with Crippen LogP contribution in [-0.2, 0) is 4.79 Å². The molecular weight excluding hydrogens is 282 g/mol. The molecule has 0 spiro atoms. The van der Waals surface area contributed by atoms with E-state index in [2.05, 4.69) is 4.99 Å². The minimum absolute atomic E-state index is 0.0120. The molecule has 20 heavy (non-hydrogen) atoms. The number of benzene rings is 1. The molecule has 1 saturated carbocycles. The highest BCUT2D eigenvalue weighted by Crippen LogP contribution is 2.53. The molecule has 4 N–H and O–H groups in total. The van der Waals surface area contributed by atoms with Gasteiger partial charge in [-0.15, -0.1) is 0 Å². The van der Waals surface area contributed by atoms with E-state index in [1.807, 2.05) is 6.07 Å². The summed E-state index contributed by atoms with van der Waals surface area (Å²) in [6.45, 7) is 0. The molecule has 7 heteroatoms. The first-order valence-corrected chi connectivity index (χ1v) is 6.41. The van der Waals surface area contributed by atoms with E-state index in [1.165, 1.54) is 14.2 Å². The van der Waals surface area contributed by atoms with Crippen molar-refractivity contribution >= 4 is 23.5 Å². The van der Waals surface area contributed by atoms with E-state index >= 15 is 0 Å². The summed E-state index contributed by atoms with van der Waals surface area (Å²) in [6, 6.07) is 3.59. The molecule has 0 radical (unpaired) electrons. The number of nitrogens with zero attached hydrogens (tertiary/aromatic N) is 1. The summed E-state index contributed by atoms with van der Waals surface area (Å²) in [5.41, 5.74) is 11.2. The van der Waals surface area contributed by atoms with Crippen molar-refractivity contribution in [1.82, 2.24) is 0 Å². The second-order valence-electron chi connectivity index (χ2n) is 4.53. The Kier molecular flexibility index (Phi) is 4.04. The molecule has 1 aromatic rings. The Morgan fingerprint density at radius 3 is 2.60 bits per heavy atom. The van der Waals surface area contributed by atoms with Gasteiger partial charge in [0, 0.05) is 5.92 Å². The predicted molar refractivity (Wildman–Crippen MR) is 76.2 cm³/mol. The summed E-state index contributed by atoms with van der Waals surface area (Å²) >= 11 is 6.30. The molecule has 1 aliphatic carbocycles. The van der Waals surface area contributed by atoms with Crippen molar-refractivity contribution in [2.24, 2.45) is 22.4 Å². The SMILES string of the molecule is COc1ccc(C2CC2C(=O)N=C(N)N)c(Cl)c1OC. The van der Waals surface area contributed by atoms with E-state index in [4.69, 9.17) is 32.5 Å². The zero-order valence-electron chi connectivity index (χ0n) is 11.2. The number of nitrogens with two attached hydrogens (primary N) is 2. The summed E-state index contributed by atoms with van der Waals surface area (Å²) in [4.78, 5) is 15.3. The van der Waals surface area contributed by atoms with Gasteiger partial charge in [0.2, 0.25) is 0 Å². The maximum atomic E-state index is 11.7. The Hall–Kier alpha value is -1.95. The molecule has 0 heterocycles. The third-order valence-corrected chi connectivity index (χ3v) is 3.65. The number of carbonyl (C=O) groups is 1. The van der Waals surface area contributed by atoms with Gasteiger partial charge in [-0.3, -0.25) is 4.79 Å². The molecule has 6 nitrogen and oxygen atoms in total. The van der Waals surface area contributed by atoms with E-state index in [0.717, 1.165) is 5.56 Å². The van der Waals surface area contributed by atoms with Crippen LogP contribution < -0.4 is 20.9 Å². The van der Waals surface area contributed by atoms with Crippen molar-refractivity contribution in [2.75, 3.05) is 14.2 Å². The normalized spacial score (nSPS) is 20.1. The Balaban J connectivity index is 2.24. The monoisotopic (exact) mass is 297 g/mol. The minimum atomic E-state index is -0.319. The van der Waals surface area contributed by atoms with Crippen LogP contribution in [0.25, 0.3) is 0 Å². The van der Waals surface area contributed by atoms with E-state index in [-0.39, 0.29) is 23.7 Å². The number of amides is 1. The second kappa shape index (κ2) is 5.58. The standard InChI is InChI=1S/C13H16ClN3O3/c1-19-9-4-3-6(10(14)11(9)20-2)7-5-8(7)12(18)17-13(15)16/h3-4,7-8H,5H2,1-2H3,(H4,15,16,17,18). The van der Waals surface area contributed by atoms with Crippen LogP contribution in [0.15, 0.2) is 17.1 Å². The number of hydrogen-bond donors (Lipinski definition) is 2. The van der Waals surface area contributed by atoms with Crippen LogP contribution >= 0.6 is 11.6 Å². The number of guanidine groups is 1. The largest absolute Gasteiger partial charge is 0.493 e. The Morgan fingerprint density at radius 2 is 2.05 bits per heavy atom. The highest BCUT2D eigenvalue weighted by molar-refractivity contribution is 6.33. The molecule has 2 rings (SSSR count). The van der Waals surface area contributed by atoms with Gasteiger partial charge in [-0.1, -0.05) is 17.7 Å². The minimum Gasteiger partial charge on any atom is -0.493 e. The van der Waals surface area contributed by atoms with E-state index < -0.39 is 0 Å². The van der Waals surface area contributed by atoms with Crippen molar-refractivity contribution in [1.29, 1.82) is 0 Å². The zero-order chi connectivity index (χ0) is 14.9. The first-order valence-electron chi connectivity index (χ1n) is 6.03. The van der Waals surface area contributed by atoms with Gasteiger partial charge < -0.3 is 20.9 Å². The molecule has 0 bridgehead atoms. The highest BCUT2D eigenvalue weighted by atomic mass is 35.5. The third kappa shape index (κ3) is 2.65. The molecule has 0 saturated heterocycles. The summed E-state index contributed by atoms with van der Waals surface area (Å²) < 4.78 is 10.4. The lowest BCUT2D eigenvalue weighted by Gasteiger charge is -2.12. The summed E-state index contributed by atoms with van der Waals surface area (Å²) in [7, 11) is 3.05. The van der Waals surface area contributed by atoms with Gasteiger partial charge in [-0.25, -0.2) is 0 Å². The molecule has 0 aliphatic heterocycles. The Bertz CT molecular complexity index is 570. The lowest BCUT2D eigenvalue weighted by Crippen LogP contribution is -2.24. The van der Waals surface area contributed by atoms with Crippen molar-refractivity contribution in [3.63, 3.8) is 0 Å². The van der Waals surface area contributed by atoms with Crippen molar-refractivity contribution in [2.45, 2.75) is 12.3 Å². The molecular formula is C13H16ClN3O3. The van der Waals surface area contributed by atoms with Gasteiger partial charge in [0.05, 0.1) is 19.2 Å². The van der Waals surface area contributed by atoms with Gasteiger partial charge >= 0.3 is 0 Å². The topological polar surface area (TPSA) is 99.9 Å². The number of halogens is 1. The van der Waals surface area contributed by atoms with Crippen LogP contribution in [0, 0.1) is 5.92 Å². The quantitative estimate of drug-likeness (QED) is 0.644. The predicted octanol–water partition coefficient (Wildman–Crippen LogP) is 1.26. The number of aliphatic imine (C=N–C) groups is 1. The molecule has 2 unspecified atom stereocenters. The number of ether oxygens (including phenoxy) is 2. The maximum absolute atomic E-state index is 11.7. The van der Waals surface area contributed by atoms with Gasteiger partial charge in [0.15, 0.2) is 17.5 Å². The fraction of sp³-hybridized carbons (Fsp3) is 0.385. The highest BCUT2D eigenvalue weighted by Gasteiger charge is 2.45. The average Bonchev–Trinajstić information content (AvgIpc) is 3.17. The fourth-order valence-corrected chi connectivity index (χ4v) is 2.59. The van der Waals surface area contributed by atoms with Crippen molar-refractivity contribution < 1.29 is 14.3 Å². The van der Waals surface area contributed by atoms with Gasteiger partial charge in [-0.05, 0) is 24.0 Å². The first kappa shape index (κ1) is 14.5. The lowest BCUT2D eigenvalue weighted by atomic mass is 10.1. The van der Waals surface area contributed by atoms with E-state index in [9.17, 15) is 4.79 Å². The Morgan fingerprint density at radius 1 is 1.35 bits per heavy atom. The van der Waals surface area contributed by atoms with Crippen LogP contribution in [0.1, 0.15) is 17.9 Å². The molecule has 1 aromatic carbocycles. The second-order valence-corrected chi connectivity index (χ2v) is 4.91. The first-order chi connectivity index (χ1) is 9.49. The van der Waals surface area contributed by atoms with Crippen LogP contribution in [-0.4, -0.2) is 26.1 Å². The molecule has 1 amide bonds. The molecule has 1 fully saturated rings. The summed E-state index contributed by atoms with van der Waals surface area (Å²) in [5, 5.41) is 0.455. The van der Waals surface area contributed by atoms with Gasteiger partial charge in [0.25, 0.3) is 5.91 Å². The summed E-state index contributed by atoms with van der Waals surface area (Å²) in [6.07, 6.45) is 0.671. The summed E-state index contributed by atoms with van der Waals surface area (Å²) in [5.74, 6) is 0.256. The number of methoxy groups -OCH3 is 2. The average molecular weight is 298 g/mol. The smallest absolute Gasteiger partial charge is 0.252 e. The van der Waals surface area contributed by atoms with Crippen LogP contribution in [0.2, 0.25) is 5.02 Å². The lowest BCUT2D eigenvalue weighted by molar-refractivity contribution is -0.119. The fourth-order valence-electron chi connectivity index (χ4n) is 2.21.